The summed E-state index contributed by atoms with van der Waals surface area (Å²) in [6.07, 6.45) is 2.42. The second kappa shape index (κ2) is 6.62. The van der Waals surface area contributed by atoms with E-state index in [-0.39, 0.29) is 18.3 Å². The number of esters is 1. The van der Waals surface area contributed by atoms with Crippen LogP contribution in [0.25, 0.3) is 0 Å². The highest BCUT2D eigenvalue weighted by molar-refractivity contribution is 6.01. The second-order valence-electron chi connectivity index (χ2n) is 5.61. The number of hydrogen-bond acceptors (Lipinski definition) is 5. The zero-order valence-corrected chi connectivity index (χ0v) is 13.2. The molecule has 2 aromatic rings. The largest absolute Gasteiger partial charge is 0.454 e. The molecule has 0 unspecified atom stereocenters. The van der Waals surface area contributed by atoms with Gasteiger partial charge in [-0.1, -0.05) is 0 Å². The lowest BCUT2D eigenvalue weighted by Gasteiger charge is -2.17. The Bertz CT molecular complexity index is 812. The van der Waals surface area contributed by atoms with Crippen molar-refractivity contribution in [1.82, 2.24) is 4.98 Å². The van der Waals surface area contributed by atoms with E-state index in [0.29, 0.717) is 24.0 Å². The van der Waals surface area contributed by atoms with Crippen molar-refractivity contribution in [3.8, 4) is 0 Å². The molecule has 0 fully saturated rings. The van der Waals surface area contributed by atoms with Crippen LogP contribution < -0.4 is 5.32 Å². The quantitative estimate of drug-likeness (QED) is 0.689. The standard InChI is InChI=1S/C18H16N2O4/c1-11-2-3-14(9-19-11)18(23)24-10-16(21)13-4-6-15-12(8-13)5-7-17(22)20-15/h2-4,6,8-9H,5,7,10H2,1H3,(H,20,22). The molecule has 0 aliphatic carbocycles. The van der Waals surface area contributed by atoms with E-state index >= 15 is 0 Å². The summed E-state index contributed by atoms with van der Waals surface area (Å²) in [6, 6.07) is 8.37. The molecular formula is C18H16N2O4. The number of fused-ring (bicyclic) bond motifs is 1. The highest BCUT2D eigenvalue weighted by Crippen LogP contribution is 2.23. The van der Waals surface area contributed by atoms with Crippen LogP contribution in [-0.4, -0.2) is 29.3 Å². The van der Waals surface area contributed by atoms with Gasteiger partial charge in [0.2, 0.25) is 5.91 Å². The Labute approximate surface area is 138 Å². The second-order valence-corrected chi connectivity index (χ2v) is 5.61. The van der Waals surface area contributed by atoms with Gasteiger partial charge >= 0.3 is 5.97 Å². The number of pyridine rings is 1. The van der Waals surface area contributed by atoms with Crippen LogP contribution in [0, 0.1) is 6.92 Å². The number of hydrogen-bond donors (Lipinski definition) is 1. The third-order valence-electron chi connectivity index (χ3n) is 3.80. The van der Waals surface area contributed by atoms with E-state index < -0.39 is 5.97 Å². The van der Waals surface area contributed by atoms with Crippen LogP contribution in [0.1, 0.15) is 38.4 Å². The molecule has 0 saturated heterocycles. The lowest BCUT2D eigenvalue weighted by Crippen LogP contribution is -2.20. The first-order chi connectivity index (χ1) is 11.5. The number of ether oxygens (including phenoxy) is 1. The number of carbonyl (C=O) groups excluding carboxylic acids is 3. The van der Waals surface area contributed by atoms with E-state index in [1.807, 2.05) is 6.92 Å². The molecular weight excluding hydrogens is 308 g/mol. The minimum Gasteiger partial charge on any atom is -0.454 e. The molecule has 6 nitrogen and oxygen atoms in total. The third kappa shape index (κ3) is 3.48. The number of aromatic nitrogens is 1. The molecule has 0 atom stereocenters. The fourth-order valence-corrected chi connectivity index (χ4v) is 2.44. The first-order valence-corrected chi connectivity index (χ1v) is 7.59. The summed E-state index contributed by atoms with van der Waals surface area (Å²) in [7, 11) is 0. The monoisotopic (exact) mass is 324 g/mol. The van der Waals surface area contributed by atoms with Crippen LogP contribution >= 0.6 is 0 Å². The molecule has 1 aromatic carbocycles. The van der Waals surface area contributed by atoms with Crippen molar-refractivity contribution >= 4 is 23.3 Å². The third-order valence-corrected chi connectivity index (χ3v) is 3.80. The topological polar surface area (TPSA) is 85.4 Å². The average molecular weight is 324 g/mol. The Hall–Kier alpha value is -3.02. The van der Waals surface area contributed by atoms with E-state index in [9.17, 15) is 14.4 Å². The van der Waals surface area contributed by atoms with E-state index in [4.69, 9.17) is 4.74 Å². The summed E-state index contributed by atoms with van der Waals surface area (Å²) < 4.78 is 5.05. The number of ketones is 1. The van der Waals surface area contributed by atoms with Crippen molar-refractivity contribution in [2.75, 3.05) is 11.9 Å². The van der Waals surface area contributed by atoms with E-state index in [0.717, 1.165) is 16.9 Å². The molecule has 1 aliphatic heterocycles. The molecule has 3 rings (SSSR count). The van der Waals surface area contributed by atoms with Gasteiger partial charge in [0, 0.05) is 29.6 Å². The van der Waals surface area contributed by atoms with Crippen molar-refractivity contribution in [2.45, 2.75) is 19.8 Å². The summed E-state index contributed by atoms with van der Waals surface area (Å²) in [5.74, 6) is -0.897. The molecule has 0 bridgehead atoms. The number of benzene rings is 1. The number of Topliss-reactive ketones (excluding diaryl/α,β-unsaturated/α-hetero) is 1. The number of nitrogens with zero attached hydrogens (tertiary/aromatic N) is 1. The van der Waals surface area contributed by atoms with Gasteiger partial charge in [0.1, 0.15) is 0 Å². The highest BCUT2D eigenvalue weighted by atomic mass is 16.5. The molecule has 122 valence electrons. The van der Waals surface area contributed by atoms with Crippen LogP contribution in [-0.2, 0) is 16.0 Å². The van der Waals surface area contributed by atoms with Crippen molar-refractivity contribution in [1.29, 1.82) is 0 Å². The Kier molecular flexibility index (Phi) is 4.37. The lowest BCUT2D eigenvalue weighted by molar-refractivity contribution is -0.116. The fourth-order valence-electron chi connectivity index (χ4n) is 2.44. The molecule has 24 heavy (non-hydrogen) atoms. The van der Waals surface area contributed by atoms with E-state index in [1.54, 1.807) is 30.3 Å². The molecule has 0 saturated carbocycles. The highest BCUT2D eigenvalue weighted by Gasteiger charge is 2.17. The van der Waals surface area contributed by atoms with Gasteiger partial charge in [0.25, 0.3) is 0 Å². The van der Waals surface area contributed by atoms with Crippen molar-refractivity contribution in [3.05, 3.63) is 58.9 Å². The molecule has 0 spiro atoms. The van der Waals surface area contributed by atoms with Gasteiger partial charge < -0.3 is 10.1 Å². The number of anilines is 1. The fraction of sp³-hybridized carbons (Fsp3) is 0.222. The molecule has 0 radical (unpaired) electrons. The minimum absolute atomic E-state index is 0.0257. The maximum absolute atomic E-state index is 12.2. The first-order valence-electron chi connectivity index (χ1n) is 7.59. The summed E-state index contributed by atoms with van der Waals surface area (Å²) >= 11 is 0. The predicted molar refractivity (Wildman–Crippen MR) is 87.0 cm³/mol. The number of aryl methyl sites for hydroxylation is 2. The van der Waals surface area contributed by atoms with E-state index in [2.05, 4.69) is 10.3 Å². The van der Waals surface area contributed by atoms with Crippen LogP contribution in [0.5, 0.6) is 0 Å². The normalized spacial score (nSPS) is 13.0. The van der Waals surface area contributed by atoms with E-state index in [1.165, 1.54) is 6.20 Å². The molecule has 1 aliphatic rings. The van der Waals surface area contributed by atoms with Crippen molar-refractivity contribution < 1.29 is 19.1 Å². The van der Waals surface area contributed by atoms with Gasteiger partial charge in [-0.15, -0.1) is 0 Å². The Balaban J connectivity index is 1.64. The molecule has 1 N–H and O–H groups in total. The molecule has 2 heterocycles. The number of rotatable bonds is 4. The van der Waals surface area contributed by atoms with Crippen LogP contribution in [0.3, 0.4) is 0 Å². The molecule has 1 aromatic heterocycles. The van der Waals surface area contributed by atoms with Crippen LogP contribution in [0.4, 0.5) is 5.69 Å². The predicted octanol–water partition coefficient (Wildman–Crippen LogP) is 2.31. The average Bonchev–Trinajstić information content (AvgIpc) is 2.59. The SMILES string of the molecule is Cc1ccc(C(=O)OCC(=O)c2ccc3c(c2)CCC(=O)N3)cn1. The van der Waals surface area contributed by atoms with Crippen LogP contribution in [0.2, 0.25) is 0 Å². The van der Waals surface area contributed by atoms with Gasteiger partial charge in [-0.2, -0.15) is 0 Å². The van der Waals surface area contributed by atoms with Crippen molar-refractivity contribution in [2.24, 2.45) is 0 Å². The smallest absolute Gasteiger partial charge is 0.340 e. The lowest BCUT2D eigenvalue weighted by atomic mass is 9.99. The zero-order chi connectivity index (χ0) is 17.1. The summed E-state index contributed by atoms with van der Waals surface area (Å²) in [5, 5.41) is 2.76. The number of carbonyl (C=O) groups is 3. The van der Waals surface area contributed by atoms with Gasteiger partial charge in [-0.25, -0.2) is 4.79 Å². The molecule has 1 amide bonds. The number of amides is 1. The Morgan fingerprint density at radius 1 is 1.17 bits per heavy atom. The summed E-state index contributed by atoms with van der Waals surface area (Å²) in [5.41, 5.74) is 3.20. The van der Waals surface area contributed by atoms with Crippen LogP contribution in [0.15, 0.2) is 36.5 Å². The summed E-state index contributed by atoms with van der Waals surface area (Å²) in [4.78, 5) is 39.5. The Morgan fingerprint density at radius 3 is 2.71 bits per heavy atom. The maximum atomic E-state index is 12.2. The minimum atomic E-state index is -0.582. The van der Waals surface area contributed by atoms with Gasteiger partial charge in [-0.05, 0) is 49.2 Å². The molecule has 6 heteroatoms. The first kappa shape index (κ1) is 15.9. The zero-order valence-electron chi connectivity index (χ0n) is 13.2. The number of nitrogens with one attached hydrogen (secondary N) is 1. The van der Waals surface area contributed by atoms with Gasteiger partial charge in [-0.3, -0.25) is 14.6 Å². The summed E-state index contributed by atoms with van der Waals surface area (Å²) in [6.45, 7) is 1.48. The van der Waals surface area contributed by atoms with Crippen molar-refractivity contribution in [3.63, 3.8) is 0 Å². The van der Waals surface area contributed by atoms with Gasteiger partial charge in [0.15, 0.2) is 12.4 Å². The Morgan fingerprint density at radius 2 is 1.96 bits per heavy atom. The van der Waals surface area contributed by atoms with Gasteiger partial charge in [0.05, 0.1) is 5.56 Å². The maximum Gasteiger partial charge on any atom is 0.340 e.